The molecule has 0 aliphatic heterocycles. The summed E-state index contributed by atoms with van der Waals surface area (Å²) < 4.78 is 4.81. The number of carbonyl (C=O) groups is 1. The molecule has 0 amide bonds. The largest absolute Gasteiger partial charge is 0.469 e. The molecule has 0 fully saturated rings. The SMILES string of the molecule is COC(=O)C[C@@H](NC(C)c1ccccc1)c1ccccc1. The molecule has 0 aromatic heterocycles. The van der Waals surface area contributed by atoms with Crippen LogP contribution in [0.15, 0.2) is 60.7 Å². The maximum Gasteiger partial charge on any atom is 0.307 e. The lowest BCUT2D eigenvalue weighted by Crippen LogP contribution is -2.27. The Balaban J connectivity index is 2.14. The van der Waals surface area contributed by atoms with Crippen LogP contribution in [0.4, 0.5) is 0 Å². The summed E-state index contributed by atoms with van der Waals surface area (Å²) in [5, 5.41) is 3.51. The van der Waals surface area contributed by atoms with Crippen molar-refractivity contribution in [2.24, 2.45) is 0 Å². The molecule has 21 heavy (non-hydrogen) atoms. The van der Waals surface area contributed by atoms with Gasteiger partial charge in [0, 0.05) is 12.1 Å². The minimum absolute atomic E-state index is 0.0612. The van der Waals surface area contributed by atoms with Gasteiger partial charge in [-0.15, -0.1) is 0 Å². The molecule has 2 rings (SSSR count). The standard InChI is InChI=1S/C18H21NO2/c1-14(15-9-5-3-6-10-15)19-17(13-18(20)21-2)16-11-7-4-8-12-16/h3-12,14,17,19H,13H2,1-2H3/t14?,17-/m1/s1. The molecule has 0 saturated carbocycles. The molecule has 3 nitrogen and oxygen atoms in total. The van der Waals surface area contributed by atoms with Gasteiger partial charge in [-0.3, -0.25) is 4.79 Å². The van der Waals surface area contributed by atoms with Crippen molar-refractivity contribution in [2.45, 2.75) is 25.4 Å². The van der Waals surface area contributed by atoms with Gasteiger partial charge < -0.3 is 10.1 Å². The van der Waals surface area contributed by atoms with E-state index in [0.717, 1.165) is 5.56 Å². The minimum atomic E-state index is -0.211. The average Bonchev–Trinajstić information content (AvgIpc) is 2.55. The van der Waals surface area contributed by atoms with Crippen LogP contribution in [-0.2, 0) is 9.53 Å². The molecule has 0 radical (unpaired) electrons. The number of esters is 1. The van der Waals surface area contributed by atoms with E-state index in [2.05, 4.69) is 24.4 Å². The van der Waals surface area contributed by atoms with E-state index in [1.807, 2.05) is 48.5 Å². The lowest BCUT2D eigenvalue weighted by Gasteiger charge is -2.23. The Kier molecular flexibility index (Phi) is 5.52. The first kappa shape index (κ1) is 15.3. The fraction of sp³-hybridized carbons (Fsp3) is 0.278. The summed E-state index contributed by atoms with van der Waals surface area (Å²) in [6.07, 6.45) is 0.317. The third-order valence-electron chi connectivity index (χ3n) is 3.55. The lowest BCUT2D eigenvalue weighted by atomic mass is 10.0. The summed E-state index contributed by atoms with van der Waals surface area (Å²) in [5.41, 5.74) is 2.29. The number of ether oxygens (including phenoxy) is 1. The molecule has 3 heteroatoms. The number of hydrogen-bond donors (Lipinski definition) is 1. The third kappa shape index (κ3) is 4.43. The van der Waals surface area contributed by atoms with Gasteiger partial charge in [0.2, 0.25) is 0 Å². The Bertz CT molecular complexity index is 554. The van der Waals surface area contributed by atoms with Gasteiger partial charge in [0.25, 0.3) is 0 Å². The van der Waals surface area contributed by atoms with Gasteiger partial charge in [-0.1, -0.05) is 60.7 Å². The highest BCUT2D eigenvalue weighted by molar-refractivity contribution is 5.70. The van der Waals surface area contributed by atoms with Gasteiger partial charge >= 0.3 is 5.97 Å². The van der Waals surface area contributed by atoms with Gasteiger partial charge in [0.15, 0.2) is 0 Å². The van der Waals surface area contributed by atoms with Gasteiger partial charge in [0.05, 0.1) is 13.5 Å². The number of rotatable bonds is 6. The van der Waals surface area contributed by atoms with E-state index in [1.165, 1.54) is 12.7 Å². The minimum Gasteiger partial charge on any atom is -0.469 e. The van der Waals surface area contributed by atoms with Gasteiger partial charge in [-0.05, 0) is 18.1 Å². The monoisotopic (exact) mass is 283 g/mol. The first-order valence-electron chi connectivity index (χ1n) is 7.13. The Morgan fingerprint density at radius 2 is 1.52 bits per heavy atom. The van der Waals surface area contributed by atoms with Crippen LogP contribution >= 0.6 is 0 Å². The highest BCUT2D eigenvalue weighted by atomic mass is 16.5. The van der Waals surface area contributed by atoms with Crippen LogP contribution in [-0.4, -0.2) is 13.1 Å². The smallest absolute Gasteiger partial charge is 0.307 e. The van der Waals surface area contributed by atoms with Crippen molar-refractivity contribution < 1.29 is 9.53 Å². The molecule has 1 N–H and O–H groups in total. The van der Waals surface area contributed by atoms with E-state index in [-0.39, 0.29) is 18.1 Å². The van der Waals surface area contributed by atoms with Crippen molar-refractivity contribution in [3.8, 4) is 0 Å². The molecular weight excluding hydrogens is 262 g/mol. The highest BCUT2D eigenvalue weighted by Crippen LogP contribution is 2.22. The van der Waals surface area contributed by atoms with E-state index in [9.17, 15) is 4.79 Å². The first-order chi connectivity index (χ1) is 10.2. The summed E-state index contributed by atoms with van der Waals surface area (Å²) in [5.74, 6) is -0.211. The normalized spacial score (nSPS) is 13.4. The van der Waals surface area contributed by atoms with Crippen molar-refractivity contribution in [3.05, 3.63) is 71.8 Å². The Hall–Kier alpha value is -2.13. The topological polar surface area (TPSA) is 38.3 Å². The van der Waals surface area contributed by atoms with Crippen LogP contribution in [0.5, 0.6) is 0 Å². The quantitative estimate of drug-likeness (QED) is 0.823. The first-order valence-corrected chi connectivity index (χ1v) is 7.13. The van der Waals surface area contributed by atoms with E-state index in [1.54, 1.807) is 0 Å². The molecule has 0 heterocycles. The van der Waals surface area contributed by atoms with E-state index in [4.69, 9.17) is 4.74 Å². The van der Waals surface area contributed by atoms with E-state index in [0.29, 0.717) is 6.42 Å². The number of benzene rings is 2. The maximum atomic E-state index is 11.7. The summed E-state index contributed by atoms with van der Waals surface area (Å²) >= 11 is 0. The molecule has 0 aliphatic rings. The second-order valence-corrected chi connectivity index (χ2v) is 5.04. The van der Waals surface area contributed by atoms with Gasteiger partial charge in [-0.25, -0.2) is 0 Å². The zero-order valence-electron chi connectivity index (χ0n) is 12.5. The van der Waals surface area contributed by atoms with E-state index >= 15 is 0 Å². The lowest BCUT2D eigenvalue weighted by molar-refractivity contribution is -0.141. The van der Waals surface area contributed by atoms with Crippen LogP contribution < -0.4 is 5.32 Å². The predicted octanol–water partition coefficient (Wildman–Crippen LogP) is 3.64. The molecular formula is C18H21NO2. The molecule has 110 valence electrons. The summed E-state index contributed by atoms with van der Waals surface area (Å²) in [6, 6.07) is 20.3. The molecule has 2 atom stereocenters. The molecule has 0 saturated heterocycles. The highest BCUT2D eigenvalue weighted by Gasteiger charge is 2.18. The van der Waals surface area contributed by atoms with E-state index < -0.39 is 0 Å². The predicted molar refractivity (Wildman–Crippen MR) is 83.8 cm³/mol. The second-order valence-electron chi connectivity index (χ2n) is 5.04. The molecule has 2 aromatic carbocycles. The van der Waals surface area contributed by atoms with Gasteiger partial charge in [0.1, 0.15) is 0 Å². The second kappa shape index (κ2) is 7.60. The van der Waals surface area contributed by atoms with Crippen molar-refractivity contribution in [1.29, 1.82) is 0 Å². The fourth-order valence-corrected chi connectivity index (χ4v) is 2.35. The molecule has 2 aromatic rings. The summed E-state index contributed by atoms with van der Waals surface area (Å²) in [4.78, 5) is 11.7. The van der Waals surface area contributed by atoms with Crippen molar-refractivity contribution >= 4 is 5.97 Å². The number of hydrogen-bond acceptors (Lipinski definition) is 3. The maximum absolute atomic E-state index is 11.7. The Morgan fingerprint density at radius 1 is 1.00 bits per heavy atom. The average molecular weight is 283 g/mol. The zero-order chi connectivity index (χ0) is 15.1. The van der Waals surface area contributed by atoms with Crippen LogP contribution in [0, 0.1) is 0 Å². The van der Waals surface area contributed by atoms with Crippen LogP contribution in [0.25, 0.3) is 0 Å². The van der Waals surface area contributed by atoms with Crippen molar-refractivity contribution in [3.63, 3.8) is 0 Å². The Labute approximate surface area is 126 Å². The van der Waals surface area contributed by atoms with Crippen LogP contribution in [0.1, 0.15) is 36.6 Å². The van der Waals surface area contributed by atoms with Crippen molar-refractivity contribution in [1.82, 2.24) is 5.32 Å². The zero-order valence-corrected chi connectivity index (χ0v) is 12.5. The molecule has 0 aliphatic carbocycles. The van der Waals surface area contributed by atoms with Crippen LogP contribution in [0.2, 0.25) is 0 Å². The summed E-state index contributed by atoms with van der Waals surface area (Å²) in [7, 11) is 1.42. The van der Waals surface area contributed by atoms with Gasteiger partial charge in [-0.2, -0.15) is 0 Å². The summed E-state index contributed by atoms with van der Waals surface area (Å²) in [6.45, 7) is 2.10. The molecule has 0 bridgehead atoms. The fourth-order valence-electron chi connectivity index (χ4n) is 2.35. The molecule has 1 unspecified atom stereocenters. The van der Waals surface area contributed by atoms with Crippen LogP contribution in [0.3, 0.4) is 0 Å². The number of carbonyl (C=O) groups excluding carboxylic acids is 1. The molecule has 0 spiro atoms. The Morgan fingerprint density at radius 3 is 2.05 bits per heavy atom. The number of nitrogens with one attached hydrogen (secondary N) is 1. The third-order valence-corrected chi connectivity index (χ3v) is 3.55. The number of methoxy groups -OCH3 is 1. The van der Waals surface area contributed by atoms with Crippen molar-refractivity contribution in [2.75, 3.05) is 7.11 Å².